The number of benzene rings is 2. The van der Waals surface area contributed by atoms with Crippen molar-refractivity contribution in [3.05, 3.63) is 65.7 Å². The van der Waals surface area contributed by atoms with Crippen LogP contribution in [0.1, 0.15) is 23.7 Å². The quantitative estimate of drug-likeness (QED) is 0.658. The second-order valence-corrected chi connectivity index (χ2v) is 9.63. The SMILES string of the molecule is Cc1cn(-c2ccc(S(=O)(=O)N3c4c(C)cccc4N(C)CC3C)c(C)c2)cn1. The van der Waals surface area contributed by atoms with Gasteiger partial charge in [0.05, 0.1) is 34.3 Å². The molecule has 1 aliphatic heterocycles. The van der Waals surface area contributed by atoms with Crippen LogP contribution in [0.2, 0.25) is 0 Å². The molecular formula is C22H26N4O2S. The molecule has 0 bridgehead atoms. The standard InChI is InChI=1S/C22H26N4O2S/c1-15-7-6-8-20-22(15)26(18(4)13-24(20)5)29(27,28)21-10-9-19(11-16(21)2)25-12-17(3)23-14-25/h6-12,14,18H,13H2,1-5H3. The lowest BCUT2D eigenvalue weighted by Gasteiger charge is -2.42. The number of hydrogen-bond acceptors (Lipinski definition) is 4. The molecule has 0 saturated carbocycles. The zero-order valence-corrected chi connectivity index (χ0v) is 18.2. The van der Waals surface area contributed by atoms with E-state index in [1.165, 1.54) is 0 Å². The Morgan fingerprint density at radius 3 is 2.48 bits per heavy atom. The van der Waals surface area contributed by atoms with Gasteiger partial charge >= 0.3 is 0 Å². The smallest absolute Gasteiger partial charge is 0.264 e. The van der Waals surface area contributed by atoms with Gasteiger partial charge in [-0.2, -0.15) is 0 Å². The van der Waals surface area contributed by atoms with E-state index in [1.807, 2.05) is 75.8 Å². The Kier molecular flexibility index (Phi) is 4.65. The third-order valence-electron chi connectivity index (χ3n) is 5.49. The molecule has 0 saturated heterocycles. The number of fused-ring (bicyclic) bond motifs is 1. The largest absolute Gasteiger partial charge is 0.371 e. The molecule has 2 aromatic carbocycles. The van der Waals surface area contributed by atoms with Gasteiger partial charge < -0.3 is 9.47 Å². The van der Waals surface area contributed by atoms with Crippen LogP contribution in [0.3, 0.4) is 0 Å². The van der Waals surface area contributed by atoms with E-state index in [1.54, 1.807) is 16.7 Å². The van der Waals surface area contributed by atoms with Gasteiger partial charge in [-0.1, -0.05) is 12.1 Å². The number of imidazole rings is 1. The van der Waals surface area contributed by atoms with Gasteiger partial charge in [-0.25, -0.2) is 13.4 Å². The lowest BCUT2D eigenvalue weighted by molar-refractivity contribution is 0.574. The van der Waals surface area contributed by atoms with Gasteiger partial charge in [-0.05, 0) is 63.1 Å². The van der Waals surface area contributed by atoms with Crippen LogP contribution in [-0.4, -0.2) is 37.6 Å². The summed E-state index contributed by atoms with van der Waals surface area (Å²) in [6.07, 6.45) is 3.66. The summed E-state index contributed by atoms with van der Waals surface area (Å²) in [6.45, 7) is 8.34. The van der Waals surface area contributed by atoms with Crippen LogP contribution in [0.25, 0.3) is 5.69 Å². The van der Waals surface area contributed by atoms with Crippen LogP contribution >= 0.6 is 0 Å². The highest BCUT2D eigenvalue weighted by atomic mass is 32.2. The number of hydrogen-bond donors (Lipinski definition) is 0. The second kappa shape index (κ2) is 6.91. The molecule has 0 fully saturated rings. The average Bonchev–Trinajstić information content (AvgIpc) is 3.08. The monoisotopic (exact) mass is 410 g/mol. The predicted molar refractivity (Wildman–Crippen MR) is 117 cm³/mol. The molecule has 0 spiro atoms. The number of aromatic nitrogens is 2. The fraction of sp³-hybridized carbons (Fsp3) is 0.318. The minimum Gasteiger partial charge on any atom is -0.371 e. The Hall–Kier alpha value is -2.80. The summed E-state index contributed by atoms with van der Waals surface area (Å²) >= 11 is 0. The van der Waals surface area contributed by atoms with Crippen molar-refractivity contribution in [2.75, 3.05) is 22.8 Å². The number of para-hydroxylation sites is 1. The van der Waals surface area contributed by atoms with E-state index in [0.717, 1.165) is 33.9 Å². The summed E-state index contributed by atoms with van der Waals surface area (Å²) in [4.78, 5) is 6.71. The molecule has 3 aromatic rings. The van der Waals surface area contributed by atoms with E-state index in [4.69, 9.17) is 0 Å². The number of sulfonamides is 1. The fourth-order valence-corrected chi connectivity index (χ4v) is 6.07. The summed E-state index contributed by atoms with van der Waals surface area (Å²) < 4.78 is 31.1. The molecular weight excluding hydrogens is 384 g/mol. The molecule has 1 aromatic heterocycles. The molecule has 1 aliphatic rings. The maximum atomic E-state index is 13.8. The van der Waals surface area contributed by atoms with E-state index in [2.05, 4.69) is 9.88 Å². The topological polar surface area (TPSA) is 58.4 Å². The van der Waals surface area contributed by atoms with Crippen LogP contribution in [-0.2, 0) is 10.0 Å². The zero-order valence-electron chi connectivity index (χ0n) is 17.4. The summed E-state index contributed by atoms with van der Waals surface area (Å²) in [5, 5.41) is 0. The van der Waals surface area contributed by atoms with E-state index in [-0.39, 0.29) is 6.04 Å². The molecule has 152 valence electrons. The summed E-state index contributed by atoms with van der Waals surface area (Å²) in [6, 6.07) is 11.2. The summed E-state index contributed by atoms with van der Waals surface area (Å²) in [5.41, 5.74) is 5.18. The molecule has 1 atom stereocenters. The third-order valence-corrected chi connectivity index (χ3v) is 7.57. The average molecular weight is 411 g/mol. The molecule has 0 radical (unpaired) electrons. The lowest BCUT2D eigenvalue weighted by Crippen LogP contribution is -2.49. The van der Waals surface area contributed by atoms with Crippen LogP contribution in [0.5, 0.6) is 0 Å². The fourth-order valence-electron chi connectivity index (χ4n) is 4.14. The maximum Gasteiger partial charge on any atom is 0.264 e. The van der Waals surface area contributed by atoms with E-state index in [0.29, 0.717) is 11.4 Å². The molecule has 1 unspecified atom stereocenters. The Morgan fingerprint density at radius 1 is 1.07 bits per heavy atom. The summed E-state index contributed by atoms with van der Waals surface area (Å²) in [5.74, 6) is 0. The lowest BCUT2D eigenvalue weighted by atomic mass is 10.1. The first-order chi connectivity index (χ1) is 13.7. The van der Waals surface area contributed by atoms with Gasteiger partial charge in [0.15, 0.2) is 0 Å². The Morgan fingerprint density at radius 2 is 1.83 bits per heavy atom. The van der Waals surface area contributed by atoms with E-state index in [9.17, 15) is 8.42 Å². The van der Waals surface area contributed by atoms with Crippen molar-refractivity contribution < 1.29 is 8.42 Å². The molecule has 29 heavy (non-hydrogen) atoms. The highest BCUT2D eigenvalue weighted by Gasteiger charge is 2.37. The number of nitrogens with zero attached hydrogens (tertiary/aromatic N) is 4. The van der Waals surface area contributed by atoms with Crippen molar-refractivity contribution in [1.29, 1.82) is 0 Å². The molecule has 6 nitrogen and oxygen atoms in total. The Labute approximate surface area is 172 Å². The van der Waals surface area contributed by atoms with Crippen LogP contribution in [0, 0.1) is 20.8 Å². The van der Waals surface area contributed by atoms with Gasteiger partial charge in [0.25, 0.3) is 10.0 Å². The highest BCUT2D eigenvalue weighted by Crippen LogP contribution is 2.41. The van der Waals surface area contributed by atoms with Crippen molar-refractivity contribution >= 4 is 21.4 Å². The van der Waals surface area contributed by atoms with Crippen molar-refractivity contribution in [2.24, 2.45) is 0 Å². The van der Waals surface area contributed by atoms with Gasteiger partial charge in [0.2, 0.25) is 0 Å². The van der Waals surface area contributed by atoms with Gasteiger partial charge in [0.1, 0.15) is 0 Å². The maximum absolute atomic E-state index is 13.8. The molecule has 2 heterocycles. The normalized spacial score (nSPS) is 16.8. The van der Waals surface area contributed by atoms with Crippen molar-refractivity contribution in [2.45, 2.75) is 38.6 Å². The first-order valence-corrected chi connectivity index (χ1v) is 11.1. The minimum atomic E-state index is -3.71. The molecule has 0 amide bonds. The predicted octanol–water partition coefficient (Wildman–Crippen LogP) is 3.83. The first kappa shape index (κ1) is 19.5. The number of rotatable bonds is 3. The molecule has 4 rings (SSSR count). The van der Waals surface area contributed by atoms with E-state index < -0.39 is 10.0 Å². The minimum absolute atomic E-state index is 0.172. The van der Waals surface area contributed by atoms with Gasteiger partial charge in [-0.3, -0.25) is 4.31 Å². The van der Waals surface area contributed by atoms with E-state index >= 15 is 0 Å². The number of likely N-dealkylation sites (N-methyl/N-ethyl adjacent to an activating group) is 1. The molecule has 0 N–H and O–H groups in total. The number of anilines is 2. The molecule has 0 aliphatic carbocycles. The second-order valence-electron chi connectivity index (χ2n) is 7.85. The van der Waals surface area contributed by atoms with Crippen LogP contribution in [0.4, 0.5) is 11.4 Å². The Bertz CT molecular complexity index is 1180. The van der Waals surface area contributed by atoms with Crippen molar-refractivity contribution in [1.82, 2.24) is 9.55 Å². The van der Waals surface area contributed by atoms with Crippen LogP contribution < -0.4 is 9.21 Å². The Balaban J connectivity index is 1.83. The van der Waals surface area contributed by atoms with Crippen molar-refractivity contribution in [3.8, 4) is 5.69 Å². The van der Waals surface area contributed by atoms with Crippen LogP contribution in [0.15, 0.2) is 53.8 Å². The molecule has 7 heteroatoms. The van der Waals surface area contributed by atoms with Crippen molar-refractivity contribution in [3.63, 3.8) is 0 Å². The van der Waals surface area contributed by atoms with Gasteiger partial charge in [0, 0.05) is 25.5 Å². The summed E-state index contributed by atoms with van der Waals surface area (Å²) in [7, 11) is -1.71. The third kappa shape index (κ3) is 3.19. The van der Waals surface area contributed by atoms with Gasteiger partial charge in [-0.15, -0.1) is 0 Å². The zero-order chi connectivity index (χ0) is 20.9. The number of aryl methyl sites for hydroxylation is 3. The highest BCUT2D eigenvalue weighted by molar-refractivity contribution is 7.93. The first-order valence-electron chi connectivity index (χ1n) is 9.67.